The Morgan fingerprint density at radius 1 is 0.453 bits per heavy atom. The number of allylic oxidation sites excluding steroid dienone is 3. The maximum absolute atomic E-state index is 5.46. The van der Waals surface area contributed by atoms with E-state index < -0.39 is 0 Å². The third-order valence-electron chi connectivity index (χ3n) is 10.1. The predicted octanol–water partition coefficient (Wildman–Crippen LogP) is 8.79. The van der Waals surface area contributed by atoms with Gasteiger partial charge in [-0.25, -0.2) is 4.99 Å². The van der Waals surface area contributed by atoms with Gasteiger partial charge in [0.05, 0.1) is 11.4 Å². The van der Waals surface area contributed by atoms with Gasteiger partial charge in [0, 0.05) is 19.5 Å². The van der Waals surface area contributed by atoms with Crippen molar-refractivity contribution in [2.75, 3.05) is 0 Å². The number of aryl methyl sites for hydroxylation is 4. The minimum Gasteiger partial charge on any atom is -0.674 e. The molecule has 8 bridgehead atoms. The van der Waals surface area contributed by atoms with E-state index in [2.05, 4.69) is 173 Å². The van der Waals surface area contributed by atoms with Crippen LogP contribution >= 0.6 is 0 Å². The molecule has 2 aromatic heterocycles. The molecule has 0 aliphatic carbocycles. The van der Waals surface area contributed by atoms with Crippen molar-refractivity contribution in [3.63, 3.8) is 0 Å². The fourth-order valence-corrected chi connectivity index (χ4v) is 7.30. The number of hydrogen-bond acceptors (Lipinski definition) is 1. The molecule has 4 aromatic carbocycles. The van der Waals surface area contributed by atoms with Crippen LogP contribution in [0.15, 0.2) is 162 Å². The maximum atomic E-state index is 5.46. The molecule has 0 saturated heterocycles. The van der Waals surface area contributed by atoms with E-state index in [1.807, 2.05) is 0 Å². The van der Waals surface area contributed by atoms with Crippen LogP contribution in [0, 0.1) is 27.7 Å². The zero-order valence-corrected chi connectivity index (χ0v) is 33.4. The number of benzene rings is 4. The van der Waals surface area contributed by atoms with Crippen molar-refractivity contribution in [3.8, 4) is 0 Å². The zero-order chi connectivity index (χ0) is 35.3. The molecule has 1 unspecified atom stereocenters. The summed E-state index contributed by atoms with van der Waals surface area (Å²) in [6, 6.07) is 42.9. The summed E-state index contributed by atoms with van der Waals surface area (Å²) in [6.07, 6.45) is 8.61. The van der Waals surface area contributed by atoms with Gasteiger partial charge in [0.15, 0.2) is 0 Å². The largest absolute Gasteiger partial charge is 0.674 e. The van der Waals surface area contributed by atoms with E-state index in [-0.39, 0.29) is 25.5 Å². The van der Waals surface area contributed by atoms with Crippen molar-refractivity contribution in [3.05, 3.63) is 229 Å². The Hall–Kier alpha value is -5.77. The molecule has 0 spiro atoms. The number of aliphatic imine (C=N–C) groups is 1. The van der Waals surface area contributed by atoms with Crippen molar-refractivity contribution in [1.29, 1.82) is 0 Å². The first-order valence-corrected chi connectivity index (χ1v) is 17.8. The van der Waals surface area contributed by atoms with Crippen LogP contribution in [0.4, 0.5) is 0 Å². The summed E-state index contributed by atoms with van der Waals surface area (Å²) in [6.45, 7) is 8.46. The summed E-state index contributed by atoms with van der Waals surface area (Å²) >= 11 is 0. The van der Waals surface area contributed by atoms with E-state index in [0.717, 1.165) is 83.7 Å². The van der Waals surface area contributed by atoms with Gasteiger partial charge in [-0.2, -0.15) is 0 Å². The Balaban J connectivity index is 0.00000400. The second-order valence-corrected chi connectivity index (χ2v) is 14.0. The molecule has 5 heteroatoms. The van der Waals surface area contributed by atoms with E-state index >= 15 is 0 Å². The van der Waals surface area contributed by atoms with Crippen LogP contribution in [-0.4, -0.2) is 11.8 Å². The average molecular weight is 735 g/mol. The van der Waals surface area contributed by atoms with Crippen LogP contribution in [0.5, 0.6) is 0 Å². The van der Waals surface area contributed by atoms with Crippen LogP contribution in [-0.2, 0) is 19.5 Å². The van der Waals surface area contributed by atoms with E-state index in [1.54, 1.807) is 0 Å². The predicted molar refractivity (Wildman–Crippen MR) is 213 cm³/mol. The van der Waals surface area contributed by atoms with Gasteiger partial charge in [-0.1, -0.05) is 167 Å². The quantitative estimate of drug-likeness (QED) is 0.170. The Morgan fingerprint density at radius 3 is 1.53 bits per heavy atom. The van der Waals surface area contributed by atoms with Gasteiger partial charge >= 0.3 is 0 Å². The van der Waals surface area contributed by atoms with E-state index in [9.17, 15) is 0 Å². The number of nitrogens with zero attached hydrogens (tertiary/aromatic N) is 4. The van der Waals surface area contributed by atoms with Gasteiger partial charge < -0.3 is 15.3 Å². The van der Waals surface area contributed by atoms with Gasteiger partial charge in [0.1, 0.15) is 0 Å². The summed E-state index contributed by atoms with van der Waals surface area (Å²) < 4.78 is 0. The molecule has 0 fully saturated rings. The molecule has 4 nitrogen and oxygen atoms in total. The van der Waals surface area contributed by atoms with Crippen LogP contribution in [0.3, 0.4) is 0 Å². The minimum atomic E-state index is -0.232. The molecule has 6 aromatic rings. The fraction of sp³-hybridized carbons (Fsp3) is 0.104. The second kappa shape index (κ2) is 14.0. The zero-order valence-electron chi connectivity index (χ0n) is 30.4. The third-order valence-corrected chi connectivity index (χ3v) is 10.1. The number of rotatable bonds is 4. The maximum Gasteiger partial charge on any atom is 0.0704 e. The molecule has 0 radical (unpaired) electrons. The Bertz CT molecular complexity index is 2640. The van der Waals surface area contributed by atoms with Crippen molar-refractivity contribution < 1.29 is 19.5 Å². The van der Waals surface area contributed by atoms with Gasteiger partial charge in [-0.3, -0.25) is 0 Å². The van der Waals surface area contributed by atoms with Gasteiger partial charge in [0.2, 0.25) is 0 Å². The van der Waals surface area contributed by atoms with Crippen LogP contribution in [0.1, 0.15) is 55.9 Å². The molecule has 254 valence electrons. The molecular formula is C48H37N4Zn-3. The molecule has 0 saturated carbocycles. The number of hydrogen-bond donors (Lipinski definition) is 0. The minimum absolute atomic E-state index is 0. The van der Waals surface area contributed by atoms with Crippen LogP contribution < -0.4 is 20.7 Å². The number of aromatic nitrogens is 2. The SMILES string of the molecule is Cc1ccc(/C2=C3\C=CC(=N3)/C(c3ccc(C)cc3)=c3/cc/c([n-]3)=C(\c3ccc(C)cc3)C3C=C/C(=C(\c4ccc(C)cc4)c4ccc2[n-]4)[N-]3)cc1.[Zn]. The summed E-state index contributed by atoms with van der Waals surface area (Å²) in [7, 11) is 0. The van der Waals surface area contributed by atoms with Gasteiger partial charge in [-0.15, -0.1) is 27.8 Å². The normalized spacial score (nSPS) is 21.0. The average Bonchev–Trinajstić information content (AvgIpc) is 3.99. The van der Waals surface area contributed by atoms with Crippen molar-refractivity contribution in [2.45, 2.75) is 33.7 Å². The second-order valence-electron chi connectivity index (χ2n) is 14.0. The Labute approximate surface area is 323 Å². The van der Waals surface area contributed by atoms with Gasteiger partial charge in [0.25, 0.3) is 0 Å². The molecule has 0 N–H and O–H groups in total. The molecule has 9 rings (SSSR count). The molecule has 53 heavy (non-hydrogen) atoms. The molecular weight excluding hydrogens is 698 g/mol. The van der Waals surface area contributed by atoms with E-state index in [4.69, 9.17) is 20.3 Å². The van der Waals surface area contributed by atoms with Crippen molar-refractivity contribution in [1.82, 2.24) is 9.97 Å². The first kappa shape index (κ1) is 34.3. The monoisotopic (exact) mass is 733 g/mol. The Morgan fingerprint density at radius 2 is 0.943 bits per heavy atom. The summed E-state index contributed by atoms with van der Waals surface area (Å²) in [5.41, 5.74) is 17.6. The molecule has 3 aliphatic heterocycles. The molecule has 3 aliphatic rings. The van der Waals surface area contributed by atoms with E-state index in [1.165, 1.54) is 22.3 Å². The van der Waals surface area contributed by atoms with Crippen LogP contribution in [0.25, 0.3) is 27.6 Å². The van der Waals surface area contributed by atoms with Crippen LogP contribution in [0.2, 0.25) is 0 Å². The smallest absolute Gasteiger partial charge is 0.0704 e. The number of fused-ring (bicyclic) bond motifs is 7. The van der Waals surface area contributed by atoms with Gasteiger partial charge in [-0.05, 0) is 78.8 Å². The molecule has 1 atom stereocenters. The standard InChI is InChI=1S/C48H37N4.Zn/c1-29-5-13-33(14-6-29)45-37-21-23-39(49-37)46(34-15-7-30(2)8-16-34)41-25-27-43(51-41)48(36-19-11-32(4)12-20-36)44-28-26-42(52-44)47(40-24-22-38(45)50-40)35-17-9-31(3)10-18-35;/h5-28,37H,1-4H3;/q-3;/b45-38-,46-39-,47-40-,48-44-;. The Kier molecular flexibility index (Phi) is 9.06. The first-order valence-electron chi connectivity index (χ1n) is 17.8. The topological polar surface area (TPSA) is 54.7 Å². The summed E-state index contributed by atoms with van der Waals surface area (Å²) in [5, 5.41) is 7.24. The molecule has 0 amide bonds. The fourth-order valence-electron chi connectivity index (χ4n) is 7.30. The third kappa shape index (κ3) is 6.47. The first-order chi connectivity index (χ1) is 25.4. The molecule has 5 heterocycles. The summed E-state index contributed by atoms with van der Waals surface area (Å²) in [4.78, 5) is 16.2. The van der Waals surface area contributed by atoms with Crippen molar-refractivity contribution >= 4 is 28.0 Å². The van der Waals surface area contributed by atoms with E-state index in [0.29, 0.717) is 0 Å². The van der Waals surface area contributed by atoms with Crippen molar-refractivity contribution in [2.24, 2.45) is 4.99 Å². The summed E-state index contributed by atoms with van der Waals surface area (Å²) in [5.74, 6) is 0.